The van der Waals surface area contributed by atoms with Gasteiger partial charge in [0.1, 0.15) is 22.4 Å². The molecule has 1 unspecified atom stereocenters. The molecule has 2 aromatic rings. The van der Waals surface area contributed by atoms with Crippen LogP contribution in [0.1, 0.15) is 22.8 Å². The molecule has 2 aliphatic rings. The number of amides is 2. The van der Waals surface area contributed by atoms with Crippen molar-refractivity contribution >= 4 is 67.4 Å². The van der Waals surface area contributed by atoms with Gasteiger partial charge in [0.25, 0.3) is 5.91 Å². The molecular weight excluding hydrogens is 476 g/mol. The van der Waals surface area contributed by atoms with Crippen LogP contribution in [-0.2, 0) is 26.0 Å². The molecule has 0 radical (unpaired) electrons. The molecule has 0 N–H and O–H groups in total. The molecule has 0 aliphatic carbocycles. The number of sulfone groups is 1. The zero-order chi connectivity index (χ0) is 22.2. The number of thiophene rings is 1. The summed E-state index contributed by atoms with van der Waals surface area (Å²) in [6.45, 7) is 1.71. The first-order valence-electron chi connectivity index (χ1n) is 9.56. The average molecular weight is 497 g/mol. The van der Waals surface area contributed by atoms with Gasteiger partial charge in [-0.3, -0.25) is 14.5 Å². The Kier molecular flexibility index (Phi) is 6.38. The van der Waals surface area contributed by atoms with Gasteiger partial charge in [-0.05, 0) is 43.0 Å². The number of thioether (sulfide) groups is 1. The van der Waals surface area contributed by atoms with E-state index in [0.29, 0.717) is 27.2 Å². The van der Waals surface area contributed by atoms with Gasteiger partial charge in [0.05, 0.1) is 23.0 Å². The van der Waals surface area contributed by atoms with E-state index in [1.807, 2.05) is 17.5 Å². The summed E-state index contributed by atoms with van der Waals surface area (Å²) in [5.74, 6) is 0.558. The summed E-state index contributed by atoms with van der Waals surface area (Å²) in [5.41, 5.74) is 0. The SMILES string of the molecule is Cc1ccc(CN(C(=O)CN2C(=O)/C(=C/c3cccs3)SC2=S)C2CCS(=O)(=O)C2)o1. The average Bonchev–Trinajstić information content (AvgIpc) is 3.47. The van der Waals surface area contributed by atoms with Gasteiger partial charge in [0.15, 0.2) is 9.84 Å². The zero-order valence-electron chi connectivity index (χ0n) is 16.6. The minimum Gasteiger partial charge on any atom is -0.464 e. The number of rotatable bonds is 6. The topological polar surface area (TPSA) is 87.9 Å². The zero-order valence-corrected chi connectivity index (χ0v) is 19.9. The minimum atomic E-state index is -3.19. The number of hydrogen-bond donors (Lipinski definition) is 0. The van der Waals surface area contributed by atoms with Crippen molar-refractivity contribution in [3.63, 3.8) is 0 Å². The number of thiocarbonyl (C=S) groups is 1. The van der Waals surface area contributed by atoms with Crippen molar-refractivity contribution in [2.45, 2.75) is 25.9 Å². The van der Waals surface area contributed by atoms with Crippen molar-refractivity contribution in [2.24, 2.45) is 0 Å². The van der Waals surface area contributed by atoms with Crippen molar-refractivity contribution in [3.05, 3.63) is 50.9 Å². The van der Waals surface area contributed by atoms with Gasteiger partial charge >= 0.3 is 0 Å². The quantitative estimate of drug-likeness (QED) is 0.449. The van der Waals surface area contributed by atoms with E-state index in [1.54, 1.807) is 25.1 Å². The molecule has 2 fully saturated rings. The Hall–Kier alpha value is -1.95. The van der Waals surface area contributed by atoms with E-state index in [9.17, 15) is 18.0 Å². The van der Waals surface area contributed by atoms with E-state index in [2.05, 4.69) is 0 Å². The van der Waals surface area contributed by atoms with Crippen LogP contribution < -0.4 is 0 Å². The maximum absolute atomic E-state index is 13.2. The first kappa shape index (κ1) is 22.3. The van der Waals surface area contributed by atoms with Crippen LogP contribution >= 0.6 is 35.3 Å². The van der Waals surface area contributed by atoms with Crippen molar-refractivity contribution in [3.8, 4) is 0 Å². The Bertz CT molecular complexity index is 1150. The third-order valence-electron chi connectivity index (χ3n) is 5.08. The summed E-state index contributed by atoms with van der Waals surface area (Å²) in [5, 5.41) is 1.92. The Morgan fingerprint density at radius 3 is 2.81 bits per heavy atom. The van der Waals surface area contributed by atoms with Crippen LogP contribution in [0.25, 0.3) is 6.08 Å². The summed E-state index contributed by atoms with van der Waals surface area (Å²) in [6.07, 6.45) is 2.13. The lowest BCUT2D eigenvalue weighted by atomic mass is 10.2. The highest BCUT2D eigenvalue weighted by Gasteiger charge is 2.38. The monoisotopic (exact) mass is 496 g/mol. The maximum atomic E-state index is 13.2. The van der Waals surface area contributed by atoms with Crippen molar-refractivity contribution < 1.29 is 22.4 Å². The van der Waals surface area contributed by atoms with E-state index in [1.165, 1.54) is 21.1 Å². The molecule has 0 bridgehead atoms. The van der Waals surface area contributed by atoms with Gasteiger partial charge in [0.2, 0.25) is 5.91 Å². The molecule has 2 amide bonds. The third kappa shape index (κ3) is 5.11. The smallest absolute Gasteiger partial charge is 0.266 e. The van der Waals surface area contributed by atoms with Crippen molar-refractivity contribution in [2.75, 3.05) is 18.1 Å². The predicted molar refractivity (Wildman–Crippen MR) is 125 cm³/mol. The molecule has 31 heavy (non-hydrogen) atoms. The van der Waals surface area contributed by atoms with Crippen LogP contribution in [0.4, 0.5) is 0 Å². The second-order valence-electron chi connectivity index (χ2n) is 7.37. The van der Waals surface area contributed by atoms with Crippen LogP contribution in [0.3, 0.4) is 0 Å². The van der Waals surface area contributed by atoms with E-state index < -0.39 is 15.9 Å². The van der Waals surface area contributed by atoms with Gasteiger partial charge in [-0.1, -0.05) is 30.0 Å². The summed E-state index contributed by atoms with van der Waals surface area (Å²) in [7, 11) is -3.19. The fourth-order valence-corrected chi connectivity index (χ4v) is 7.25. The molecule has 7 nitrogen and oxygen atoms in total. The van der Waals surface area contributed by atoms with Gasteiger partial charge in [-0.2, -0.15) is 0 Å². The third-order valence-corrected chi connectivity index (χ3v) is 9.02. The molecule has 0 saturated carbocycles. The summed E-state index contributed by atoms with van der Waals surface area (Å²) >= 11 is 8.02. The minimum absolute atomic E-state index is 0.0449. The molecule has 164 valence electrons. The number of aryl methyl sites for hydroxylation is 1. The van der Waals surface area contributed by atoms with Gasteiger partial charge in [-0.25, -0.2) is 8.42 Å². The number of carbonyl (C=O) groups is 2. The highest BCUT2D eigenvalue weighted by Crippen LogP contribution is 2.33. The Morgan fingerprint density at radius 1 is 1.39 bits per heavy atom. The summed E-state index contributed by atoms with van der Waals surface area (Å²) < 4.78 is 29.9. The Labute approximate surface area is 194 Å². The Morgan fingerprint density at radius 2 is 2.19 bits per heavy atom. The lowest BCUT2D eigenvalue weighted by molar-refractivity contribution is -0.137. The fourth-order valence-electron chi connectivity index (χ4n) is 3.55. The van der Waals surface area contributed by atoms with Crippen LogP contribution in [0.2, 0.25) is 0 Å². The van der Waals surface area contributed by atoms with Gasteiger partial charge in [-0.15, -0.1) is 11.3 Å². The molecule has 2 aromatic heterocycles. The highest BCUT2D eigenvalue weighted by molar-refractivity contribution is 8.26. The predicted octanol–water partition coefficient (Wildman–Crippen LogP) is 3.07. The first-order chi connectivity index (χ1) is 14.7. The molecule has 4 heterocycles. The van der Waals surface area contributed by atoms with E-state index in [4.69, 9.17) is 16.6 Å². The molecule has 2 saturated heterocycles. The lowest BCUT2D eigenvalue weighted by Gasteiger charge is -2.29. The molecule has 11 heteroatoms. The van der Waals surface area contributed by atoms with Gasteiger partial charge in [0, 0.05) is 10.9 Å². The lowest BCUT2D eigenvalue weighted by Crippen LogP contribution is -2.46. The van der Waals surface area contributed by atoms with E-state index in [0.717, 1.165) is 16.6 Å². The van der Waals surface area contributed by atoms with Crippen molar-refractivity contribution in [1.29, 1.82) is 0 Å². The molecule has 1 atom stereocenters. The fraction of sp³-hybridized carbons (Fsp3) is 0.350. The second kappa shape index (κ2) is 8.89. The molecule has 2 aliphatic heterocycles. The first-order valence-corrected chi connectivity index (χ1v) is 13.5. The summed E-state index contributed by atoms with van der Waals surface area (Å²) in [6, 6.07) is 6.90. The number of hydrogen-bond acceptors (Lipinski definition) is 8. The van der Waals surface area contributed by atoms with E-state index >= 15 is 0 Å². The number of nitrogens with zero attached hydrogens (tertiary/aromatic N) is 2. The maximum Gasteiger partial charge on any atom is 0.266 e. The van der Waals surface area contributed by atoms with Crippen LogP contribution in [0.15, 0.2) is 39.0 Å². The van der Waals surface area contributed by atoms with Crippen molar-refractivity contribution in [1.82, 2.24) is 9.80 Å². The van der Waals surface area contributed by atoms with Crippen LogP contribution in [-0.4, -0.2) is 58.4 Å². The van der Waals surface area contributed by atoms with E-state index in [-0.39, 0.29) is 36.4 Å². The normalized spacial score (nSPS) is 21.9. The van der Waals surface area contributed by atoms with Gasteiger partial charge < -0.3 is 9.32 Å². The second-order valence-corrected chi connectivity index (χ2v) is 12.3. The molecular formula is C20H20N2O5S4. The highest BCUT2D eigenvalue weighted by atomic mass is 32.2. The standard InChI is InChI=1S/C20H20N2O5S4/c1-13-4-5-15(27-13)10-21(14-6-8-31(25,26)12-14)18(23)11-22-19(24)17(30-20(22)28)9-16-3-2-7-29-16/h2-5,7,9,14H,6,8,10-12H2,1H3/b17-9-. The summed E-state index contributed by atoms with van der Waals surface area (Å²) in [4.78, 5) is 30.3. The molecule has 4 rings (SSSR count). The Balaban J connectivity index is 1.52. The van der Waals surface area contributed by atoms with Crippen LogP contribution in [0, 0.1) is 6.92 Å². The molecule has 0 aromatic carbocycles. The molecule has 0 spiro atoms. The largest absolute Gasteiger partial charge is 0.464 e. The number of furan rings is 1. The number of carbonyl (C=O) groups excluding carboxylic acids is 2. The van der Waals surface area contributed by atoms with Crippen LogP contribution in [0.5, 0.6) is 0 Å².